The Bertz CT molecular complexity index is 932. The number of carbonyl (C=O) groups excluding carboxylic acids is 2. The maximum atomic E-state index is 12.6. The van der Waals surface area contributed by atoms with Gasteiger partial charge < -0.3 is 25.5 Å². The molecule has 0 saturated carbocycles. The van der Waals surface area contributed by atoms with Crippen LogP contribution in [0.5, 0.6) is 0 Å². The molecule has 3 amide bonds. The van der Waals surface area contributed by atoms with Crippen molar-refractivity contribution in [3.05, 3.63) is 65.4 Å². The van der Waals surface area contributed by atoms with Crippen LogP contribution >= 0.6 is 0 Å². The van der Waals surface area contributed by atoms with Crippen molar-refractivity contribution < 1.29 is 18.7 Å². The number of nitrogens with two attached hydrogens (primary N) is 1. The Morgan fingerprint density at radius 1 is 1.12 bits per heavy atom. The number of urea groups is 1. The molecule has 0 radical (unpaired) electrons. The zero-order valence-corrected chi connectivity index (χ0v) is 14.2. The van der Waals surface area contributed by atoms with Gasteiger partial charge in [-0.25, -0.2) is 4.79 Å². The molecule has 7 heteroatoms. The molecule has 0 aliphatic heterocycles. The lowest BCUT2D eigenvalue weighted by Crippen LogP contribution is -2.23. The van der Waals surface area contributed by atoms with Gasteiger partial charge in [0.05, 0.1) is 6.61 Å². The SMILES string of the molecule is COCc1c(C(=O)NCc2ccc(NC(N)=O)cc2)oc2ccccc12. The second kappa shape index (κ2) is 7.71. The Kier molecular flexibility index (Phi) is 5.19. The molecule has 4 N–H and O–H groups in total. The summed E-state index contributed by atoms with van der Waals surface area (Å²) in [7, 11) is 1.57. The van der Waals surface area contributed by atoms with Crippen LogP contribution in [0.4, 0.5) is 10.5 Å². The van der Waals surface area contributed by atoms with Crippen LogP contribution in [0.2, 0.25) is 0 Å². The average Bonchev–Trinajstić information content (AvgIpc) is 3.00. The van der Waals surface area contributed by atoms with Gasteiger partial charge in [0.25, 0.3) is 5.91 Å². The van der Waals surface area contributed by atoms with Gasteiger partial charge >= 0.3 is 6.03 Å². The lowest BCUT2D eigenvalue weighted by Gasteiger charge is -2.07. The second-order valence-electron chi connectivity index (χ2n) is 5.71. The first-order valence-electron chi connectivity index (χ1n) is 8.01. The summed E-state index contributed by atoms with van der Waals surface area (Å²) in [6, 6.07) is 13.8. The van der Waals surface area contributed by atoms with Gasteiger partial charge in [0.1, 0.15) is 5.58 Å². The molecular formula is C19H19N3O4. The lowest BCUT2D eigenvalue weighted by molar-refractivity contribution is 0.0918. The third-order valence-corrected chi connectivity index (χ3v) is 3.87. The van der Waals surface area contributed by atoms with Crippen LogP contribution in [0.1, 0.15) is 21.7 Å². The van der Waals surface area contributed by atoms with E-state index in [1.165, 1.54) is 0 Å². The first-order valence-corrected chi connectivity index (χ1v) is 8.01. The molecule has 1 heterocycles. The predicted molar refractivity (Wildman–Crippen MR) is 97.7 cm³/mol. The normalized spacial score (nSPS) is 10.7. The smallest absolute Gasteiger partial charge is 0.316 e. The summed E-state index contributed by atoms with van der Waals surface area (Å²) in [5.41, 5.74) is 7.90. The maximum absolute atomic E-state index is 12.6. The summed E-state index contributed by atoms with van der Waals surface area (Å²) in [5, 5.41) is 6.18. The largest absolute Gasteiger partial charge is 0.451 e. The van der Waals surface area contributed by atoms with Gasteiger partial charge in [-0.1, -0.05) is 30.3 Å². The fourth-order valence-corrected chi connectivity index (χ4v) is 2.68. The molecule has 7 nitrogen and oxygen atoms in total. The highest BCUT2D eigenvalue weighted by Crippen LogP contribution is 2.26. The van der Waals surface area contributed by atoms with Crippen molar-refractivity contribution in [2.75, 3.05) is 12.4 Å². The van der Waals surface area contributed by atoms with Crippen molar-refractivity contribution in [1.29, 1.82) is 0 Å². The van der Waals surface area contributed by atoms with E-state index in [1.807, 2.05) is 24.3 Å². The molecule has 26 heavy (non-hydrogen) atoms. The van der Waals surface area contributed by atoms with Crippen LogP contribution in [-0.4, -0.2) is 19.0 Å². The van der Waals surface area contributed by atoms with Crippen LogP contribution in [0, 0.1) is 0 Å². The fraction of sp³-hybridized carbons (Fsp3) is 0.158. The van der Waals surface area contributed by atoms with Crippen molar-refractivity contribution in [3.8, 4) is 0 Å². The highest BCUT2D eigenvalue weighted by atomic mass is 16.5. The predicted octanol–water partition coefficient (Wildman–Crippen LogP) is 3.00. The fourth-order valence-electron chi connectivity index (χ4n) is 2.68. The van der Waals surface area contributed by atoms with Gasteiger partial charge in [-0.05, 0) is 23.8 Å². The molecule has 0 unspecified atom stereocenters. The molecule has 2 aromatic carbocycles. The molecule has 0 spiro atoms. The molecule has 0 atom stereocenters. The summed E-state index contributed by atoms with van der Waals surface area (Å²) in [6.45, 7) is 0.604. The van der Waals surface area contributed by atoms with Crippen LogP contribution in [0.15, 0.2) is 52.9 Å². The van der Waals surface area contributed by atoms with Crippen molar-refractivity contribution in [1.82, 2.24) is 5.32 Å². The second-order valence-corrected chi connectivity index (χ2v) is 5.71. The van der Waals surface area contributed by atoms with Crippen LogP contribution in [0.3, 0.4) is 0 Å². The van der Waals surface area contributed by atoms with E-state index in [0.29, 0.717) is 17.8 Å². The molecular weight excluding hydrogens is 334 g/mol. The molecule has 134 valence electrons. The van der Waals surface area contributed by atoms with E-state index >= 15 is 0 Å². The number of fused-ring (bicyclic) bond motifs is 1. The molecule has 3 rings (SSSR count). The summed E-state index contributed by atoms with van der Waals surface area (Å²) < 4.78 is 10.9. The molecule has 3 aromatic rings. The van der Waals surface area contributed by atoms with Crippen LogP contribution < -0.4 is 16.4 Å². The van der Waals surface area contributed by atoms with Crippen molar-refractivity contribution in [2.45, 2.75) is 13.2 Å². The Morgan fingerprint density at radius 3 is 2.54 bits per heavy atom. The quantitative estimate of drug-likeness (QED) is 0.633. The van der Waals surface area contributed by atoms with E-state index in [9.17, 15) is 9.59 Å². The molecule has 0 aliphatic carbocycles. The zero-order chi connectivity index (χ0) is 18.5. The van der Waals surface area contributed by atoms with E-state index < -0.39 is 6.03 Å². The van der Waals surface area contributed by atoms with E-state index in [1.54, 1.807) is 31.4 Å². The third kappa shape index (κ3) is 3.84. The highest BCUT2D eigenvalue weighted by molar-refractivity contribution is 5.99. The number of para-hydroxylation sites is 1. The first kappa shape index (κ1) is 17.5. The number of carbonyl (C=O) groups is 2. The Labute approximate surface area is 150 Å². The molecule has 1 aromatic heterocycles. The van der Waals surface area contributed by atoms with Crippen LogP contribution in [0.25, 0.3) is 11.0 Å². The number of benzene rings is 2. The number of ether oxygens (including phenoxy) is 1. The molecule has 0 bridgehead atoms. The number of anilines is 1. The average molecular weight is 353 g/mol. The molecule has 0 fully saturated rings. The van der Waals surface area contributed by atoms with Crippen LogP contribution in [-0.2, 0) is 17.9 Å². The third-order valence-electron chi connectivity index (χ3n) is 3.87. The van der Waals surface area contributed by atoms with Crippen molar-refractivity contribution in [2.24, 2.45) is 5.73 Å². The number of methoxy groups -OCH3 is 1. The summed E-state index contributed by atoms with van der Waals surface area (Å²) in [4.78, 5) is 23.4. The first-order chi connectivity index (χ1) is 12.6. The van der Waals surface area contributed by atoms with E-state index in [2.05, 4.69) is 10.6 Å². The summed E-state index contributed by atoms with van der Waals surface area (Å²) in [5.74, 6) is -0.0624. The summed E-state index contributed by atoms with van der Waals surface area (Å²) >= 11 is 0. The van der Waals surface area contributed by atoms with Gasteiger partial charge in [-0.2, -0.15) is 0 Å². The number of furan rings is 1. The topological polar surface area (TPSA) is 107 Å². The van der Waals surface area contributed by atoms with Gasteiger partial charge in [0.15, 0.2) is 5.76 Å². The number of nitrogens with one attached hydrogen (secondary N) is 2. The number of hydrogen-bond acceptors (Lipinski definition) is 4. The molecule has 0 saturated heterocycles. The van der Waals surface area contributed by atoms with Gasteiger partial charge in [0.2, 0.25) is 0 Å². The number of rotatable bonds is 6. The minimum absolute atomic E-state index is 0.250. The van der Waals surface area contributed by atoms with E-state index in [0.717, 1.165) is 16.5 Å². The Hall–Kier alpha value is -3.32. The van der Waals surface area contributed by atoms with E-state index in [-0.39, 0.29) is 18.3 Å². The lowest BCUT2D eigenvalue weighted by atomic mass is 10.1. The Morgan fingerprint density at radius 2 is 1.85 bits per heavy atom. The van der Waals surface area contributed by atoms with Crippen molar-refractivity contribution in [3.63, 3.8) is 0 Å². The molecule has 0 aliphatic rings. The van der Waals surface area contributed by atoms with Crippen molar-refractivity contribution >= 4 is 28.6 Å². The highest BCUT2D eigenvalue weighted by Gasteiger charge is 2.20. The number of primary amides is 1. The van der Waals surface area contributed by atoms with Gasteiger partial charge in [-0.3, -0.25) is 4.79 Å². The minimum atomic E-state index is -0.624. The number of amides is 3. The monoisotopic (exact) mass is 353 g/mol. The zero-order valence-electron chi connectivity index (χ0n) is 14.2. The maximum Gasteiger partial charge on any atom is 0.316 e. The standard InChI is InChI=1S/C19H19N3O4/c1-25-11-15-14-4-2-3-5-16(14)26-17(15)18(23)21-10-12-6-8-13(9-7-12)22-19(20)24/h2-9H,10-11H2,1H3,(H,21,23)(H3,20,22,24). The van der Waals surface area contributed by atoms with Gasteiger partial charge in [0, 0.05) is 30.3 Å². The summed E-state index contributed by atoms with van der Waals surface area (Å²) in [6.07, 6.45) is 0. The van der Waals surface area contributed by atoms with Gasteiger partial charge in [-0.15, -0.1) is 0 Å². The Balaban J connectivity index is 1.73. The number of hydrogen-bond donors (Lipinski definition) is 3. The van der Waals surface area contributed by atoms with E-state index in [4.69, 9.17) is 14.9 Å². The minimum Gasteiger partial charge on any atom is -0.451 e.